The normalized spacial score (nSPS) is 11.0. The highest BCUT2D eigenvalue weighted by atomic mass is 32.2. The molecule has 0 radical (unpaired) electrons. The molecule has 0 amide bonds. The quantitative estimate of drug-likeness (QED) is 0.386. The number of aromatic nitrogens is 4. The number of nitrogens with zero attached hydrogens (tertiary/aromatic N) is 4. The SMILES string of the molecule is C=CCn1c(=O)c2ccccc2n2c(SCCC(=O)OC)nnc12. The van der Waals surface area contributed by atoms with Crippen molar-refractivity contribution in [1.29, 1.82) is 0 Å². The van der Waals surface area contributed by atoms with E-state index in [2.05, 4.69) is 21.5 Å². The molecule has 3 aromatic rings. The Kier molecular flexibility index (Phi) is 4.66. The highest BCUT2D eigenvalue weighted by Crippen LogP contribution is 2.22. The second-order valence-electron chi connectivity index (χ2n) is 5.01. The number of hydrogen-bond donors (Lipinski definition) is 0. The minimum atomic E-state index is -0.273. The van der Waals surface area contributed by atoms with Gasteiger partial charge >= 0.3 is 5.97 Å². The van der Waals surface area contributed by atoms with Gasteiger partial charge in [0.1, 0.15) is 0 Å². The summed E-state index contributed by atoms with van der Waals surface area (Å²) in [5, 5.41) is 9.55. The predicted octanol–water partition coefficient (Wildman–Crippen LogP) is 1.89. The van der Waals surface area contributed by atoms with Gasteiger partial charge in [-0.3, -0.25) is 18.6 Å². The summed E-state index contributed by atoms with van der Waals surface area (Å²) >= 11 is 1.40. The minimum absolute atomic E-state index is 0.128. The summed E-state index contributed by atoms with van der Waals surface area (Å²) in [5.41, 5.74) is 0.611. The van der Waals surface area contributed by atoms with Crippen LogP contribution in [0.4, 0.5) is 0 Å². The van der Waals surface area contributed by atoms with Crippen LogP contribution in [0.15, 0.2) is 46.9 Å². The second kappa shape index (κ2) is 6.88. The standard InChI is InChI=1S/C16H16N4O3S/c1-3-9-19-14(22)11-6-4-5-7-12(11)20-15(19)17-18-16(20)24-10-8-13(21)23-2/h3-7H,1,8-10H2,2H3. The molecule has 0 atom stereocenters. The molecule has 1 aromatic carbocycles. The van der Waals surface area contributed by atoms with Gasteiger partial charge in [-0.15, -0.1) is 16.8 Å². The van der Waals surface area contributed by atoms with Gasteiger partial charge in [-0.05, 0) is 12.1 Å². The molecule has 0 aliphatic rings. The van der Waals surface area contributed by atoms with E-state index >= 15 is 0 Å². The first-order valence-electron chi connectivity index (χ1n) is 7.34. The number of rotatable bonds is 6. The van der Waals surface area contributed by atoms with Crippen LogP contribution in [0.3, 0.4) is 0 Å². The van der Waals surface area contributed by atoms with E-state index in [9.17, 15) is 9.59 Å². The van der Waals surface area contributed by atoms with E-state index < -0.39 is 0 Å². The molecule has 8 heteroatoms. The van der Waals surface area contributed by atoms with Crippen LogP contribution in [0.1, 0.15) is 6.42 Å². The number of ether oxygens (including phenoxy) is 1. The van der Waals surface area contributed by atoms with Crippen molar-refractivity contribution in [1.82, 2.24) is 19.2 Å². The summed E-state index contributed by atoms with van der Waals surface area (Å²) in [6, 6.07) is 7.32. The Hall–Kier alpha value is -2.61. The largest absolute Gasteiger partial charge is 0.469 e. The average molecular weight is 344 g/mol. The zero-order valence-corrected chi connectivity index (χ0v) is 14.0. The second-order valence-corrected chi connectivity index (χ2v) is 6.08. The third-order valence-electron chi connectivity index (χ3n) is 3.55. The molecule has 3 rings (SSSR count). The lowest BCUT2D eigenvalue weighted by Gasteiger charge is -2.09. The first-order valence-corrected chi connectivity index (χ1v) is 8.33. The topological polar surface area (TPSA) is 78.5 Å². The maximum absolute atomic E-state index is 12.6. The maximum atomic E-state index is 12.6. The monoisotopic (exact) mass is 344 g/mol. The fourth-order valence-corrected chi connectivity index (χ4v) is 3.31. The van der Waals surface area contributed by atoms with E-state index in [0.29, 0.717) is 28.6 Å². The summed E-state index contributed by atoms with van der Waals surface area (Å²) in [6.07, 6.45) is 1.93. The number of thioether (sulfide) groups is 1. The van der Waals surface area contributed by atoms with E-state index in [4.69, 9.17) is 0 Å². The van der Waals surface area contributed by atoms with E-state index in [1.807, 2.05) is 22.6 Å². The van der Waals surface area contributed by atoms with Gasteiger partial charge in [-0.25, -0.2) is 0 Å². The Balaban J connectivity index is 2.14. The fourth-order valence-electron chi connectivity index (χ4n) is 2.45. The Morgan fingerprint density at radius 2 is 2.17 bits per heavy atom. The van der Waals surface area contributed by atoms with Crippen LogP contribution in [0.5, 0.6) is 0 Å². The lowest BCUT2D eigenvalue weighted by molar-refractivity contribution is -0.140. The molecule has 0 saturated carbocycles. The van der Waals surface area contributed by atoms with Crippen molar-refractivity contribution < 1.29 is 9.53 Å². The Bertz CT molecular complexity index is 977. The van der Waals surface area contributed by atoms with E-state index in [-0.39, 0.29) is 17.9 Å². The highest BCUT2D eigenvalue weighted by Gasteiger charge is 2.16. The van der Waals surface area contributed by atoms with Crippen LogP contribution in [0, 0.1) is 0 Å². The van der Waals surface area contributed by atoms with Gasteiger partial charge in [0.2, 0.25) is 5.78 Å². The van der Waals surface area contributed by atoms with Gasteiger partial charge in [0.25, 0.3) is 5.56 Å². The van der Waals surface area contributed by atoms with Crippen molar-refractivity contribution in [3.05, 3.63) is 47.3 Å². The van der Waals surface area contributed by atoms with E-state index in [0.717, 1.165) is 5.52 Å². The predicted molar refractivity (Wildman–Crippen MR) is 92.3 cm³/mol. The van der Waals surface area contributed by atoms with Crippen molar-refractivity contribution in [3.8, 4) is 0 Å². The summed E-state index contributed by atoms with van der Waals surface area (Å²) in [4.78, 5) is 23.9. The summed E-state index contributed by atoms with van der Waals surface area (Å²) in [7, 11) is 1.36. The first kappa shape index (κ1) is 16.3. The molecule has 0 bridgehead atoms. The molecule has 0 unspecified atom stereocenters. The lowest BCUT2D eigenvalue weighted by Crippen LogP contribution is -2.22. The molecular weight excluding hydrogens is 328 g/mol. The smallest absolute Gasteiger partial charge is 0.306 e. The Morgan fingerprint density at radius 1 is 1.38 bits per heavy atom. The number of esters is 1. The van der Waals surface area contributed by atoms with Gasteiger partial charge in [-0.1, -0.05) is 30.0 Å². The number of carbonyl (C=O) groups is 1. The Labute approximate surface area is 141 Å². The zero-order chi connectivity index (χ0) is 17.1. The lowest BCUT2D eigenvalue weighted by atomic mass is 10.2. The summed E-state index contributed by atoms with van der Waals surface area (Å²) < 4.78 is 8.01. The molecular formula is C16H16N4O3S. The zero-order valence-electron chi connectivity index (χ0n) is 13.1. The Morgan fingerprint density at radius 3 is 2.92 bits per heavy atom. The number of para-hydroxylation sites is 1. The third-order valence-corrected chi connectivity index (χ3v) is 4.49. The average Bonchev–Trinajstić information content (AvgIpc) is 3.02. The van der Waals surface area contributed by atoms with Crippen LogP contribution in [0.2, 0.25) is 0 Å². The number of carbonyl (C=O) groups excluding carboxylic acids is 1. The third kappa shape index (κ3) is 2.80. The van der Waals surface area contributed by atoms with Crippen LogP contribution in [-0.2, 0) is 16.1 Å². The first-order chi connectivity index (χ1) is 11.7. The summed E-state index contributed by atoms with van der Waals surface area (Å²) in [5.74, 6) is 0.700. The van der Waals surface area contributed by atoms with Crippen molar-refractivity contribution in [2.24, 2.45) is 0 Å². The molecule has 0 aliphatic heterocycles. The highest BCUT2D eigenvalue weighted by molar-refractivity contribution is 7.99. The molecule has 7 nitrogen and oxygen atoms in total. The van der Waals surface area contributed by atoms with Crippen LogP contribution in [0.25, 0.3) is 16.7 Å². The number of benzene rings is 1. The van der Waals surface area contributed by atoms with Gasteiger partial charge in [0.05, 0.1) is 24.4 Å². The van der Waals surface area contributed by atoms with Crippen molar-refractivity contribution in [2.45, 2.75) is 18.1 Å². The number of fused-ring (bicyclic) bond motifs is 3. The van der Waals surface area contributed by atoms with Gasteiger partial charge in [0, 0.05) is 12.3 Å². The molecule has 0 fully saturated rings. The molecule has 24 heavy (non-hydrogen) atoms. The van der Waals surface area contributed by atoms with Gasteiger partial charge in [0.15, 0.2) is 5.16 Å². The van der Waals surface area contributed by atoms with Crippen LogP contribution < -0.4 is 5.56 Å². The van der Waals surface area contributed by atoms with E-state index in [1.54, 1.807) is 12.1 Å². The molecule has 0 spiro atoms. The molecule has 0 aliphatic carbocycles. The molecule has 0 saturated heterocycles. The van der Waals surface area contributed by atoms with Crippen molar-refractivity contribution in [3.63, 3.8) is 0 Å². The molecule has 2 heterocycles. The van der Waals surface area contributed by atoms with Crippen molar-refractivity contribution in [2.75, 3.05) is 12.9 Å². The fraction of sp³-hybridized carbons (Fsp3) is 0.250. The molecule has 124 valence electrons. The molecule has 0 N–H and O–H groups in total. The van der Waals surface area contributed by atoms with Gasteiger partial charge in [-0.2, -0.15) is 0 Å². The van der Waals surface area contributed by atoms with Gasteiger partial charge < -0.3 is 4.74 Å². The summed E-state index contributed by atoms with van der Waals surface area (Å²) in [6.45, 7) is 4.04. The maximum Gasteiger partial charge on any atom is 0.306 e. The number of allylic oxidation sites excluding steroid dienone is 1. The van der Waals surface area contributed by atoms with E-state index in [1.165, 1.54) is 23.4 Å². The van der Waals surface area contributed by atoms with Crippen LogP contribution in [-0.4, -0.2) is 38.0 Å². The minimum Gasteiger partial charge on any atom is -0.469 e. The van der Waals surface area contributed by atoms with Crippen LogP contribution >= 0.6 is 11.8 Å². The number of methoxy groups -OCH3 is 1. The van der Waals surface area contributed by atoms with Crippen molar-refractivity contribution >= 4 is 34.4 Å². The molecule has 2 aromatic heterocycles. The number of hydrogen-bond acceptors (Lipinski definition) is 6.